The van der Waals surface area contributed by atoms with Gasteiger partial charge in [0.15, 0.2) is 0 Å². The molecule has 0 aromatic heterocycles. The first kappa shape index (κ1) is 9.78. The fourth-order valence-electron chi connectivity index (χ4n) is 1.33. The SMILES string of the molecule is CC.O=C1CC2=CCC=CC=C2N1.[HH]. The van der Waals surface area contributed by atoms with Crippen LogP contribution in [-0.2, 0) is 4.79 Å². The largest absolute Gasteiger partial charge is 0.326 e. The Labute approximate surface area is 80.5 Å². The van der Waals surface area contributed by atoms with Crippen molar-refractivity contribution in [3.8, 4) is 0 Å². The van der Waals surface area contributed by atoms with Crippen molar-refractivity contribution in [2.75, 3.05) is 0 Å². The van der Waals surface area contributed by atoms with E-state index in [9.17, 15) is 4.79 Å². The van der Waals surface area contributed by atoms with Crippen molar-refractivity contribution >= 4 is 5.91 Å². The van der Waals surface area contributed by atoms with E-state index >= 15 is 0 Å². The summed E-state index contributed by atoms with van der Waals surface area (Å²) in [6.45, 7) is 4.00. The molecule has 0 saturated carbocycles. The topological polar surface area (TPSA) is 29.1 Å². The van der Waals surface area contributed by atoms with Gasteiger partial charge in [-0.1, -0.05) is 32.1 Å². The normalized spacial score (nSPS) is 18.8. The molecule has 1 fully saturated rings. The summed E-state index contributed by atoms with van der Waals surface area (Å²) in [5.41, 5.74) is 2.11. The molecule has 72 valence electrons. The Balaban J connectivity index is 0.000000531. The molecule has 0 unspecified atom stereocenters. The molecule has 13 heavy (non-hydrogen) atoms. The highest BCUT2D eigenvalue weighted by molar-refractivity contribution is 5.87. The molecule has 1 saturated heterocycles. The lowest BCUT2D eigenvalue weighted by atomic mass is 10.1. The van der Waals surface area contributed by atoms with Gasteiger partial charge in [-0.3, -0.25) is 4.79 Å². The molecule has 0 spiro atoms. The molecule has 0 atom stereocenters. The summed E-state index contributed by atoms with van der Waals surface area (Å²) < 4.78 is 0. The molecule has 1 aliphatic heterocycles. The highest BCUT2D eigenvalue weighted by Crippen LogP contribution is 2.21. The van der Waals surface area contributed by atoms with E-state index in [2.05, 4.69) is 17.5 Å². The molecule has 1 N–H and O–H groups in total. The minimum atomic E-state index is 0. The summed E-state index contributed by atoms with van der Waals surface area (Å²) in [4.78, 5) is 10.9. The van der Waals surface area contributed by atoms with Crippen molar-refractivity contribution in [3.05, 3.63) is 35.6 Å². The van der Waals surface area contributed by atoms with Crippen LogP contribution in [0.4, 0.5) is 0 Å². The second kappa shape index (κ2) is 4.65. The predicted molar refractivity (Wildman–Crippen MR) is 56.1 cm³/mol. The highest BCUT2D eigenvalue weighted by Gasteiger charge is 2.19. The Kier molecular flexibility index (Phi) is 3.50. The van der Waals surface area contributed by atoms with Gasteiger partial charge in [0.2, 0.25) is 5.91 Å². The van der Waals surface area contributed by atoms with Crippen molar-refractivity contribution < 1.29 is 6.22 Å². The van der Waals surface area contributed by atoms with E-state index in [-0.39, 0.29) is 7.33 Å². The maximum Gasteiger partial charge on any atom is 0.228 e. The van der Waals surface area contributed by atoms with Crippen molar-refractivity contribution in [1.29, 1.82) is 0 Å². The molecule has 2 heteroatoms. The Morgan fingerprint density at radius 1 is 1.46 bits per heavy atom. The summed E-state index contributed by atoms with van der Waals surface area (Å²) in [5, 5.41) is 2.80. The van der Waals surface area contributed by atoms with Gasteiger partial charge in [0, 0.05) is 7.12 Å². The minimum absolute atomic E-state index is 0. The van der Waals surface area contributed by atoms with E-state index in [1.165, 1.54) is 0 Å². The second-order valence-electron chi connectivity index (χ2n) is 2.70. The van der Waals surface area contributed by atoms with E-state index in [4.69, 9.17) is 0 Å². The number of rotatable bonds is 0. The zero-order chi connectivity index (χ0) is 9.68. The Hall–Kier alpha value is -1.31. The van der Waals surface area contributed by atoms with E-state index in [1.807, 2.05) is 26.0 Å². The van der Waals surface area contributed by atoms with Gasteiger partial charge in [-0.05, 0) is 18.1 Å². The van der Waals surface area contributed by atoms with Gasteiger partial charge in [-0.15, -0.1) is 0 Å². The zero-order valence-corrected chi connectivity index (χ0v) is 8.13. The number of allylic oxidation sites excluding steroid dienone is 5. The van der Waals surface area contributed by atoms with Crippen molar-refractivity contribution in [3.63, 3.8) is 0 Å². The fourth-order valence-corrected chi connectivity index (χ4v) is 1.33. The number of hydrogen-bond donors (Lipinski definition) is 1. The van der Waals surface area contributed by atoms with E-state index in [0.717, 1.165) is 17.7 Å². The smallest absolute Gasteiger partial charge is 0.228 e. The molecule has 0 aromatic rings. The van der Waals surface area contributed by atoms with Crippen LogP contribution in [0, 0.1) is 0 Å². The number of nitrogens with one attached hydrogen (secondary N) is 1. The van der Waals surface area contributed by atoms with Crippen LogP contribution in [-0.4, -0.2) is 5.91 Å². The molecule has 0 radical (unpaired) electrons. The van der Waals surface area contributed by atoms with Crippen molar-refractivity contribution in [2.24, 2.45) is 0 Å². The summed E-state index contributed by atoms with van der Waals surface area (Å²) >= 11 is 0. The molecule has 1 heterocycles. The Bertz CT molecular complexity index is 290. The third-order valence-corrected chi connectivity index (χ3v) is 1.87. The second-order valence-corrected chi connectivity index (χ2v) is 2.70. The molecule has 2 nitrogen and oxygen atoms in total. The van der Waals surface area contributed by atoms with Gasteiger partial charge in [-0.25, -0.2) is 0 Å². The van der Waals surface area contributed by atoms with Crippen LogP contribution in [0.15, 0.2) is 35.6 Å². The monoisotopic (exact) mass is 179 g/mol. The molecule has 2 aliphatic rings. The van der Waals surface area contributed by atoms with Gasteiger partial charge in [0.05, 0.1) is 6.42 Å². The average Bonchev–Trinajstić information content (AvgIpc) is 2.36. The maximum atomic E-state index is 10.9. The summed E-state index contributed by atoms with van der Waals surface area (Å²) in [6.07, 6.45) is 9.57. The van der Waals surface area contributed by atoms with Gasteiger partial charge in [0.1, 0.15) is 0 Å². The number of carbonyl (C=O) groups is 1. The van der Waals surface area contributed by atoms with Crippen LogP contribution in [0.2, 0.25) is 0 Å². The van der Waals surface area contributed by atoms with Crippen LogP contribution in [0.5, 0.6) is 0 Å². The molecule has 0 aromatic carbocycles. The molecule has 2 rings (SSSR count). The number of hydrogen-bond acceptors (Lipinski definition) is 1. The molecular weight excluding hydrogens is 162 g/mol. The Morgan fingerprint density at radius 2 is 2.23 bits per heavy atom. The summed E-state index contributed by atoms with van der Waals surface area (Å²) in [5.74, 6) is 0.109. The summed E-state index contributed by atoms with van der Waals surface area (Å²) in [6, 6.07) is 0. The minimum Gasteiger partial charge on any atom is -0.326 e. The van der Waals surface area contributed by atoms with Crippen LogP contribution in [0.1, 0.15) is 28.1 Å². The molecule has 1 aliphatic carbocycles. The molecular formula is C11H17NO. The van der Waals surface area contributed by atoms with Crippen LogP contribution in [0.25, 0.3) is 0 Å². The standard InChI is InChI=1S/C9H9NO.C2H6.H2/c11-9-6-7-4-2-1-3-5-8(7)10-9;1-2;/h1,3-5H,2,6H2,(H,10,11);1-2H3;1H. The molecule has 1 amide bonds. The number of amides is 1. The maximum absolute atomic E-state index is 10.9. The lowest BCUT2D eigenvalue weighted by Gasteiger charge is -1.94. The van der Waals surface area contributed by atoms with Crippen LogP contribution < -0.4 is 5.32 Å². The van der Waals surface area contributed by atoms with E-state index < -0.39 is 0 Å². The zero-order valence-electron chi connectivity index (χ0n) is 8.13. The average molecular weight is 179 g/mol. The highest BCUT2D eigenvalue weighted by atomic mass is 16.1. The quantitative estimate of drug-likeness (QED) is 0.608. The third-order valence-electron chi connectivity index (χ3n) is 1.87. The molecule has 0 bridgehead atoms. The lowest BCUT2D eigenvalue weighted by molar-refractivity contribution is -0.118. The van der Waals surface area contributed by atoms with Gasteiger partial charge in [0.25, 0.3) is 0 Å². The van der Waals surface area contributed by atoms with Gasteiger partial charge >= 0.3 is 0 Å². The van der Waals surface area contributed by atoms with Crippen LogP contribution in [0.3, 0.4) is 0 Å². The first-order valence-electron chi connectivity index (χ1n) is 4.72. The van der Waals surface area contributed by atoms with E-state index in [1.54, 1.807) is 0 Å². The first-order chi connectivity index (χ1) is 6.36. The number of fused-ring (bicyclic) bond motifs is 1. The van der Waals surface area contributed by atoms with Crippen LogP contribution >= 0.6 is 0 Å². The van der Waals surface area contributed by atoms with Crippen molar-refractivity contribution in [1.82, 2.24) is 5.32 Å². The Morgan fingerprint density at radius 3 is 3.00 bits per heavy atom. The fraction of sp³-hybridized carbons (Fsp3) is 0.364. The van der Waals surface area contributed by atoms with E-state index in [0.29, 0.717) is 6.42 Å². The van der Waals surface area contributed by atoms with Crippen molar-refractivity contribution in [2.45, 2.75) is 26.7 Å². The first-order valence-corrected chi connectivity index (χ1v) is 4.72. The third kappa shape index (κ3) is 2.31. The van der Waals surface area contributed by atoms with Gasteiger partial charge in [-0.2, -0.15) is 0 Å². The number of carbonyl (C=O) groups excluding carboxylic acids is 1. The van der Waals surface area contributed by atoms with Gasteiger partial charge < -0.3 is 5.32 Å². The lowest BCUT2D eigenvalue weighted by Crippen LogP contribution is -2.11. The summed E-state index contributed by atoms with van der Waals surface area (Å²) in [7, 11) is 0. The predicted octanol–water partition coefficient (Wildman–Crippen LogP) is 2.55.